The van der Waals surface area contributed by atoms with Gasteiger partial charge >= 0.3 is 0 Å². The van der Waals surface area contributed by atoms with E-state index in [2.05, 4.69) is 45.2 Å². The van der Waals surface area contributed by atoms with Crippen LogP contribution in [0.1, 0.15) is 0 Å². The topological polar surface area (TPSA) is 51.6 Å². The van der Waals surface area contributed by atoms with Gasteiger partial charge in [0, 0.05) is 11.1 Å². The van der Waals surface area contributed by atoms with Crippen LogP contribution in [0.25, 0.3) is 45.4 Å². The molecule has 2 aromatic heterocycles. The fourth-order valence-corrected chi connectivity index (χ4v) is 3.65. The average molecular weight is 465 g/mol. The highest BCUT2D eigenvalue weighted by atomic mass is 79.9. The number of hydrogen-bond donors (Lipinski definition) is 0. The summed E-state index contributed by atoms with van der Waals surface area (Å²) in [4.78, 5) is 18.7. The van der Waals surface area contributed by atoms with Crippen LogP contribution in [0.4, 0.5) is 0 Å². The van der Waals surface area contributed by atoms with Crippen LogP contribution in [-0.4, -0.2) is 19.9 Å². The highest BCUT2D eigenvalue weighted by Crippen LogP contribution is 2.26. The van der Waals surface area contributed by atoms with Gasteiger partial charge in [0.05, 0.1) is 0 Å². The Morgan fingerprint density at radius 1 is 0.387 bits per heavy atom. The van der Waals surface area contributed by atoms with Gasteiger partial charge in [0.15, 0.2) is 17.5 Å². The molecule has 0 N–H and O–H groups in total. The maximum atomic E-state index is 4.76. The summed E-state index contributed by atoms with van der Waals surface area (Å²) in [5, 5.41) is 0. The first-order valence-corrected chi connectivity index (χ1v) is 10.7. The molecule has 0 saturated heterocycles. The third-order valence-electron chi connectivity index (χ3n) is 4.86. The first-order valence-electron chi connectivity index (χ1n) is 9.86. The highest BCUT2D eigenvalue weighted by molar-refractivity contribution is 9.10. The lowest BCUT2D eigenvalue weighted by molar-refractivity contribution is 1.06. The van der Waals surface area contributed by atoms with E-state index in [-0.39, 0.29) is 0 Å². The minimum Gasteiger partial charge on any atom is -0.238 e. The van der Waals surface area contributed by atoms with Crippen LogP contribution in [-0.2, 0) is 0 Å². The van der Waals surface area contributed by atoms with Crippen LogP contribution in [0, 0.1) is 0 Å². The molecule has 0 atom stereocenters. The molecule has 0 bridgehead atoms. The molecule has 2 heterocycles. The Labute approximate surface area is 188 Å². The summed E-state index contributed by atoms with van der Waals surface area (Å²) < 4.78 is 0.737. The predicted molar refractivity (Wildman–Crippen MR) is 127 cm³/mol. The number of rotatable bonds is 4. The first-order chi connectivity index (χ1) is 15.3. The molecule has 148 valence electrons. The lowest BCUT2D eigenvalue weighted by Crippen LogP contribution is -2.01. The van der Waals surface area contributed by atoms with E-state index in [0.29, 0.717) is 23.2 Å². The average Bonchev–Trinajstić information content (AvgIpc) is 2.85. The van der Waals surface area contributed by atoms with Crippen molar-refractivity contribution in [2.24, 2.45) is 0 Å². The summed E-state index contributed by atoms with van der Waals surface area (Å²) in [6, 6.07) is 34.2. The standard InChI is InChI=1S/C26H17BrN4/c27-23-13-7-12-22(28-23)26-30-24(20-10-5-2-6-11-20)29-25(31-26)21-16-14-19(15-17-21)18-8-3-1-4-9-18/h1-17H. The van der Waals surface area contributed by atoms with Crippen molar-refractivity contribution in [1.29, 1.82) is 0 Å². The first kappa shape index (κ1) is 19.3. The van der Waals surface area contributed by atoms with Crippen LogP contribution >= 0.6 is 15.9 Å². The SMILES string of the molecule is Brc1cccc(-c2nc(-c3ccccc3)nc(-c3ccc(-c4ccccc4)cc3)n2)n1. The molecule has 5 rings (SSSR count). The van der Waals surface area contributed by atoms with E-state index < -0.39 is 0 Å². The minimum atomic E-state index is 0.539. The van der Waals surface area contributed by atoms with Gasteiger partial charge in [-0.25, -0.2) is 19.9 Å². The Morgan fingerprint density at radius 2 is 0.871 bits per heavy atom. The van der Waals surface area contributed by atoms with Gasteiger partial charge in [-0.3, -0.25) is 0 Å². The van der Waals surface area contributed by atoms with Gasteiger partial charge < -0.3 is 0 Å². The van der Waals surface area contributed by atoms with Crippen LogP contribution in [0.2, 0.25) is 0 Å². The Hall–Kier alpha value is -3.70. The maximum Gasteiger partial charge on any atom is 0.182 e. The zero-order valence-corrected chi connectivity index (χ0v) is 18.1. The van der Waals surface area contributed by atoms with Crippen molar-refractivity contribution in [1.82, 2.24) is 19.9 Å². The van der Waals surface area contributed by atoms with Gasteiger partial charge in [-0.1, -0.05) is 91.0 Å². The van der Waals surface area contributed by atoms with Crippen molar-refractivity contribution >= 4 is 15.9 Å². The fraction of sp³-hybridized carbons (Fsp3) is 0. The van der Waals surface area contributed by atoms with E-state index in [1.807, 2.05) is 78.9 Å². The van der Waals surface area contributed by atoms with Gasteiger partial charge in [0.2, 0.25) is 0 Å². The second-order valence-corrected chi connectivity index (χ2v) is 7.77. The molecule has 0 radical (unpaired) electrons. The molecular formula is C26H17BrN4. The van der Waals surface area contributed by atoms with E-state index in [9.17, 15) is 0 Å². The molecule has 5 heteroatoms. The second kappa shape index (κ2) is 8.58. The van der Waals surface area contributed by atoms with Crippen molar-refractivity contribution < 1.29 is 0 Å². The second-order valence-electron chi connectivity index (χ2n) is 6.96. The highest BCUT2D eigenvalue weighted by Gasteiger charge is 2.13. The van der Waals surface area contributed by atoms with Crippen molar-refractivity contribution in [3.05, 3.63) is 108 Å². The zero-order chi connectivity index (χ0) is 21.0. The van der Waals surface area contributed by atoms with Crippen LogP contribution in [0.3, 0.4) is 0 Å². The number of hydrogen-bond acceptors (Lipinski definition) is 4. The van der Waals surface area contributed by atoms with Crippen LogP contribution in [0.15, 0.2) is 108 Å². The van der Waals surface area contributed by atoms with E-state index in [0.717, 1.165) is 21.3 Å². The number of nitrogens with zero attached hydrogens (tertiary/aromatic N) is 4. The van der Waals surface area contributed by atoms with Crippen LogP contribution < -0.4 is 0 Å². The molecule has 0 amide bonds. The number of pyridine rings is 1. The molecule has 0 aliphatic carbocycles. The third kappa shape index (κ3) is 4.27. The molecule has 4 nitrogen and oxygen atoms in total. The Morgan fingerprint density at radius 3 is 1.48 bits per heavy atom. The summed E-state index contributed by atoms with van der Waals surface area (Å²) in [5.41, 5.74) is 4.87. The van der Waals surface area contributed by atoms with Gasteiger partial charge in [0.25, 0.3) is 0 Å². The van der Waals surface area contributed by atoms with E-state index >= 15 is 0 Å². The summed E-state index contributed by atoms with van der Waals surface area (Å²) >= 11 is 3.43. The van der Waals surface area contributed by atoms with Gasteiger partial charge in [0.1, 0.15) is 10.3 Å². The van der Waals surface area contributed by atoms with E-state index in [1.54, 1.807) is 0 Å². The number of halogens is 1. The summed E-state index contributed by atoms with van der Waals surface area (Å²) in [5.74, 6) is 1.78. The molecule has 3 aromatic carbocycles. The van der Waals surface area contributed by atoms with Crippen molar-refractivity contribution in [2.75, 3.05) is 0 Å². The molecule has 0 aliphatic heterocycles. The summed E-state index contributed by atoms with van der Waals surface area (Å²) in [6.07, 6.45) is 0. The predicted octanol–water partition coefficient (Wildman–Crippen LogP) is 6.70. The van der Waals surface area contributed by atoms with E-state index in [4.69, 9.17) is 15.0 Å². The lowest BCUT2D eigenvalue weighted by Gasteiger charge is -2.09. The summed E-state index contributed by atoms with van der Waals surface area (Å²) in [7, 11) is 0. The summed E-state index contributed by atoms with van der Waals surface area (Å²) in [6.45, 7) is 0. The molecule has 0 saturated carbocycles. The normalized spacial score (nSPS) is 10.7. The quantitative estimate of drug-likeness (QED) is 0.277. The third-order valence-corrected chi connectivity index (χ3v) is 5.30. The fourth-order valence-electron chi connectivity index (χ4n) is 3.31. The lowest BCUT2D eigenvalue weighted by atomic mass is 10.0. The van der Waals surface area contributed by atoms with E-state index in [1.165, 1.54) is 5.56 Å². The van der Waals surface area contributed by atoms with Gasteiger partial charge in [-0.05, 0) is 39.2 Å². The van der Waals surface area contributed by atoms with Crippen molar-refractivity contribution in [3.8, 4) is 45.4 Å². The Bertz CT molecular complexity index is 1320. The monoisotopic (exact) mass is 464 g/mol. The Balaban J connectivity index is 1.61. The zero-order valence-electron chi connectivity index (χ0n) is 16.5. The van der Waals surface area contributed by atoms with Crippen molar-refractivity contribution in [3.63, 3.8) is 0 Å². The van der Waals surface area contributed by atoms with Gasteiger partial charge in [-0.15, -0.1) is 0 Å². The Kier molecular flexibility index (Phi) is 5.33. The molecule has 0 fully saturated rings. The molecule has 0 unspecified atom stereocenters. The van der Waals surface area contributed by atoms with Crippen LogP contribution in [0.5, 0.6) is 0 Å². The molecule has 5 aromatic rings. The molecule has 0 aliphatic rings. The van der Waals surface area contributed by atoms with Crippen molar-refractivity contribution in [2.45, 2.75) is 0 Å². The smallest absolute Gasteiger partial charge is 0.182 e. The number of aromatic nitrogens is 4. The molecule has 0 spiro atoms. The minimum absolute atomic E-state index is 0.539. The maximum absolute atomic E-state index is 4.76. The molecular weight excluding hydrogens is 448 g/mol. The van der Waals surface area contributed by atoms with Gasteiger partial charge in [-0.2, -0.15) is 0 Å². The number of benzene rings is 3. The largest absolute Gasteiger partial charge is 0.238 e. The molecule has 31 heavy (non-hydrogen) atoms.